The van der Waals surface area contributed by atoms with Crippen LogP contribution >= 0.6 is 11.6 Å². The van der Waals surface area contributed by atoms with Crippen molar-refractivity contribution in [2.45, 2.75) is 51.5 Å². The van der Waals surface area contributed by atoms with Crippen LogP contribution in [0.25, 0.3) is 0 Å². The minimum absolute atomic E-state index is 0.0368. The number of ether oxygens (including phenoxy) is 1. The van der Waals surface area contributed by atoms with Gasteiger partial charge >= 0.3 is 0 Å². The molecule has 0 bridgehead atoms. The van der Waals surface area contributed by atoms with Crippen molar-refractivity contribution in [2.24, 2.45) is 5.41 Å². The van der Waals surface area contributed by atoms with Gasteiger partial charge in [0.15, 0.2) is 0 Å². The number of likely N-dealkylation sites (tertiary alicyclic amines) is 1. The van der Waals surface area contributed by atoms with Gasteiger partial charge < -0.3 is 9.84 Å². The summed E-state index contributed by atoms with van der Waals surface area (Å²) in [5.41, 5.74) is 0.973. The van der Waals surface area contributed by atoms with Crippen LogP contribution in [0.5, 0.6) is 0 Å². The molecule has 1 heterocycles. The monoisotopic (exact) mass is 457 g/mol. The highest BCUT2D eigenvalue weighted by Gasteiger charge is 2.47. The summed E-state index contributed by atoms with van der Waals surface area (Å²) in [4.78, 5) is 28.3. The number of carbonyl (C=O) groups is 2. The fourth-order valence-corrected chi connectivity index (χ4v) is 4.78. The normalized spacial score (nSPS) is 17.9. The molecule has 3 rings (SSSR count). The van der Waals surface area contributed by atoms with Gasteiger partial charge in [-0.2, -0.15) is 0 Å². The SMILES string of the molecule is CC1(CCOCCO)CC(=O)N(C(C)(Cc2ccccc2)Cc2ccc(Cl)cc2)C(=O)C1. The van der Waals surface area contributed by atoms with E-state index >= 15 is 0 Å². The average molecular weight is 458 g/mol. The smallest absolute Gasteiger partial charge is 0.230 e. The first-order chi connectivity index (χ1) is 15.2. The maximum atomic E-state index is 13.4. The Morgan fingerprint density at radius 2 is 1.53 bits per heavy atom. The largest absolute Gasteiger partial charge is 0.394 e. The number of imide groups is 1. The first kappa shape index (κ1) is 24.4. The lowest BCUT2D eigenvalue weighted by Crippen LogP contribution is -2.59. The zero-order chi connectivity index (χ0) is 23.2. The van der Waals surface area contributed by atoms with Crippen LogP contribution in [0.2, 0.25) is 5.02 Å². The minimum atomic E-state index is -0.696. The van der Waals surface area contributed by atoms with Gasteiger partial charge in [-0.25, -0.2) is 0 Å². The molecular weight excluding hydrogens is 426 g/mol. The second-order valence-electron chi connectivity index (χ2n) is 9.34. The van der Waals surface area contributed by atoms with Crippen molar-refractivity contribution in [3.05, 3.63) is 70.7 Å². The van der Waals surface area contributed by atoms with Crippen molar-refractivity contribution in [1.29, 1.82) is 0 Å². The van der Waals surface area contributed by atoms with E-state index in [9.17, 15) is 9.59 Å². The summed E-state index contributed by atoms with van der Waals surface area (Å²) < 4.78 is 5.39. The van der Waals surface area contributed by atoms with Crippen LogP contribution in [0.4, 0.5) is 0 Å². The molecule has 1 unspecified atom stereocenters. The number of rotatable bonds is 10. The lowest BCUT2D eigenvalue weighted by molar-refractivity contribution is -0.161. The molecule has 1 saturated heterocycles. The molecule has 1 fully saturated rings. The first-order valence-electron chi connectivity index (χ1n) is 11.1. The second kappa shape index (κ2) is 10.6. The van der Waals surface area contributed by atoms with E-state index in [1.165, 1.54) is 4.90 Å². The number of hydrogen-bond donors (Lipinski definition) is 1. The highest BCUT2D eigenvalue weighted by atomic mass is 35.5. The third-order valence-electron chi connectivity index (χ3n) is 6.21. The summed E-state index contributed by atoms with van der Waals surface area (Å²) >= 11 is 6.06. The number of amides is 2. The molecule has 0 spiro atoms. The van der Waals surface area contributed by atoms with E-state index < -0.39 is 11.0 Å². The van der Waals surface area contributed by atoms with Crippen molar-refractivity contribution in [3.8, 4) is 0 Å². The van der Waals surface area contributed by atoms with Crippen molar-refractivity contribution >= 4 is 23.4 Å². The van der Waals surface area contributed by atoms with E-state index in [0.29, 0.717) is 43.7 Å². The van der Waals surface area contributed by atoms with Gasteiger partial charge in [0, 0.05) is 24.5 Å². The molecule has 1 N–H and O–H groups in total. The topological polar surface area (TPSA) is 66.8 Å². The number of piperidine rings is 1. The Morgan fingerprint density at radius 3 is 2.09 bits per heavy atom. The molecule has 2 amide bonds. The number of hydrogen-bond acceptors (Lipinski definition) is 4. The first-order valence-corrected chi connectivity index (χ1v) is 11.5. The quantitative estimate of drug-likeness (QED) is 0.423. The highest BCUT2D eigenvalue weighted by molar-refractivity contribution is 6.30. The van der Waals surface area contributed by atoms with E-state index in [1.807, 2.05) is 68.4 Å². The molecular formula is C26H32ClNO4. The molecule has 2 aromatic carbocycles. The van der Waals surface area contributed by atoms with Crippen LogP contribution in [0.3, 0.4) is 0 Å². The summed E-state index contributed by atoms with van der Waals surface area (Å²) in [6.07, 6.45) is 2.32. The molecule has 6 heteroatoms. The maximum absolute atomic E-state index is 13.4. The molecule has 1 atom stereocenters. The molecule has 5 nitrogen and oxygen atoms in total. The predicted molar refractivity (Wildman–Crippen MR) is 125 cm³/mol. The lowest BCUT2D eigenvalue weighted by atomic mass is 9.74. The number of aliphatic hydroxyl groups is 1. The van der Waals surface area contributed by atoms with E-state index in [2.05, 4.69) is 0 Å². The Labute approximate surface area is 195 Å². The molecule has 172 valence electrons. The summed E-state index contributed by atoms with van der Waals surface area (Å²) in [7, 11) is 0. The predicted octanol–water partition coefficient (Wildman–Crippen LogP) is 4.44. The lowest BCUT2D eigenvalue weighted by Gasteiger charge is -2.46. The summed E-state index contributed by atoms with van der Waals surface area (Å²) in [6.45, 7) is 4.61. The summed E-state index contributed by atoms with van der Waals surface area (Å²) in [5, 5.41) is 9.54. The van der Waals surface area contributed by atoms with Gasteiger partial charge in [0.2, 0.25) is 11.8 Å². The highest BCUT2D eigenvalue weighted by Crippen LogP contribution is 2.40. The molecule has 1 aliphatic rings. The molecule has 0 aliphatic carbocycles. The Bertz CT molecular complexity index is 897. The van der Waals surface area contributed by atoms with Gasteiger partial charge in [-0.05, 0) is 54.9 Å². The zero-order valence-corrected chi connectivity index (χ0v) is 19.6. The Kier molecular flexibility index (Phi) is 8.10. The van der Waals surface area contributed by atoms with E-state index in [1.54, 1.807) is 0 Å². The van der Waals surface area contributed by atoms with Crippen molar-refractivity contribution < 1.29 is 19.4 Å². The van der Waals surface area contributed by atoms with Gasteiger partial charge in [0.05, 0.1) is 18.8 Å². The Hall–Kier alpha value is -2.21. The number of benzene rings is 2. The molecule has 0 radical (unpaired) electrons. The summed E-state index contributed by atoms with van der Waals surface area (Å²) in [6, 6.07) is 17.5. The van der Waals surface area contributed by atoms with Crippen LogP contribution < -0.4 is 0 Å². The van der Waals surface area contributed by atoms with Crippen LogP contribution in [0.1, 0.15) is 44.2 Å². The van der Waals surface area contributed by atoms with E-state index in [4.69, 9.17) is 21.4 Å². The maximum Gasteiger partial charge on any atom is 0.230 e. The van der Waals surface area contributed by atoms with E-state index in [0.717, 1.165) is 11.1 Å². The number of nitrogens with zero attached hydrogens (tertiary/aromatic N) is 1. The summed E-state index contributed by atoms with van der Waals surface area (Å²) in [5.74, 6) is -0.281. The van der Waals surface area contributed by atoms with Gasteiger partial charge in [0.1, 0.15) is 0 Å². The third-order valence-corrected chi connectivity index (χ3v) is 6.46. The molecule has 0 aromatic heterocycles. The van der Waals surface area contributed by atoms with Crippen molar-refractivity contribution in [3.63, 3.8) is 0 Å². The van der Waals surface area contributed by atoms with Gasteiger partial charge in [-0.1, -0.05) is 61.0 Å². The fraction of sp³-hybridized carbons (Fsp3) is 0.462. The number of carbonyl (C=O) groups excluding carboxylic acids is 2. The average Bonchev–Trinajstić information content (AvgIpc) is 2.73. The van der Waals surface area contributed by atoms with Crippen molar-refractivity contribution in [1.82, 2.24) is 4.90 Å². The Balaban J connectivity index is 1.84. The molecule has 32 heavy (non-hydrogen) atoms. The molecule has 2 aromatic rings. The van der Waals surface area contributed by atoms with Crippen LogP contribution in [-0.2, 0) is 27.2 Å². The molecule has 1 aliphatic heterocycles. The zero-order valence-electron chi connectivity index (χ0n) is 18.9. The van der Waals surface area contributed by atoms with Crippen molar-refractivity contribution in [2.75, 3.05) is 19.8 Å². The van der Waals surface area contributed by atoms with Gasteiger partial charge in [-0.3, -0.25) is 14.5 Å². The fourth-order valence-electron chi connectivity index (χ4n) is 4.65. The second-order valence-corrected chi connectivity index (χ2v) is 9.77. The molecule has 0 saturated carbocycles. The Morgan fingerprint density at radius 1 is 0.969 bits per heavy atom. The van der Waals surface area contributed by atoms with Gasteiger partial charge in [-0.15, -0.1) is 0 Å². The van der Waals surface area contributed by atoms with E-state index in [-0.39, 0.29) is 25.0 Å². The standard InChI is InChI=1S/C26H32ClNO4/c1-25(12-14-32-15-13-29)18-23(30)28(24(31)19-25)26(2,16-20-6-4-3-5-7-20)17-21-8-10-22(27)11-9-21/h3-11,29H,12-19H2,1-2H3. The van der Waals surface area contributed by atoms with Gasteiger partial charge in [0.25, 0.3) is 0 Å². The number of aliphatic hydroxyl groups excluding tert-OH is 1. The number of halogens is 1. The van der Waals surface area contributed by atoms with Crippen LogP contribution in [-0.4, -0.2) is 47.2 Å². The third kappa shape index (κ3) is 6.18. The van der Waals surface area contributed by atoms with Crippen LogP contribution in [0, 0.1) is 5.41 Å². The van der Waals surface area contributed by atoms with Crippen LogP contribution in [0.15, 0.2) is 54.6 Å². The minimum Gasteiger partial charge on any atom is -0.394 e.